The van der Waals surface area contributed by atoms with Crippen molar-refractivity contribution in [2.24, 2.45) is 0 Å². The summed E-state index contributed by atoms with van der Waals surface area (Å²) < 4.78 is 9.05. The van der Waals surface area contributed by atoms with E-state index in [2.05, 4.69) is 158 Å². The molecule has 0 amide bonds. The quantitative estimate of drug-likeness (QED) is 0.135. The van der Waals surface area contributed by atoms with Crippen molar-refractivity contribution in [1.29, 1.82) is 0 Å². The monoisotopic (exact) mass is 1120 g/mol. The number of thiophene rings is 1. The average Bonchev–Trinajstić information content (AvgIpc) is 2.33. The Labute approximate surface area is 501 Å². The van der Waals surface area contributed by atoms with E-state index in [4.69, 9.17) is 34.3 Å². The first kappa shape index (κ1) is 51.6. The van der Waals surface area contributed by atoms with E-state index in [0.717, 1.165) is 66.4 Å². The highest BCUT2D eigenvalue weighted by molar-refractivity contribution is 7.26. The molecule has 86 heavy (non-hydrogen) atoms. The Hall–Kier alpha value is -11.3. The van der Waals surface area contributed by atoms with E-state index >= 15 is 0 Å². The summed E-state index contributed by atoms with van der Waals surface area (Å²) in [6.45, 7) is 0. The van der Waals surface area contributed by atoms with E-state index < -0.39 is 0 Å². The van der Waals surface area contributed by atoms with Crippen LogP contribution in [0.4, 0.5) is 0 Å². The summed E-state index contributed by atoms with van der Waals surface area (Å²) in [6.07, 6.45) is 0. The van der Waals surface area contributed by atoms with E-state index in [1.54, 1.807) is 0 Å². The van der Waals surface area contributed by atoms with Crippen LogP contribution in [0.2, 0.25) is 0 Å². The van der Waals surface area contributed by atoms with Crippen molar-refractivity contribution in [3.05, 3.63) is 303 Å². The molecule has 0 N–H and O–H groups in total. The third-order valence-electron chi connectivity index (χ3n) is 15.5. The zero-order valence-corrected chi connectivity index (χ0v) is 47.2. The topological polar surface area (TPSA) is 90.5 Å². The van der Waals surface area contributed by atoms with Crippen LogP contribution in [0, 0.1) is 0 Å². The Morgan fingerprint density at radius 3 is 0.988 bits per heavy atom. The van der Waals surface area contributed by atoms with Gasteiger partial charge >= 0.3 is 0 Å². The minimum Gasteiger partial charge on any atom is -0.455 e. The standard InChI is InChI=1S/C39H25N3O.C39H25N3S/c2*1-4-12-26(13-5-1)27-20-22-28(23-21-27)31-24-25-33(35-32-18-10-11-19-34(32)43-36(31)35)39-41-37(29-14-6-2-7-15-29)40-38(42-39)30-16-8-3-9-17-30/h2*1-25H. The van der Waals surface area contributed by atoms with Crippen molar-refractivity contribution >= 4 is 53.4 Å². The summed E-state index contributed by atoms with van der Waals surface area (Å²) in [5.41, 5.74) is 16.6. The van der Waals surface area contributed by atoms with Gasteiger partial charge in [-0.3, -0.25) is 0 Å². The summed E-state index contributed by atoms with van der Waals surface area (Å²) in [7, 11) is 0. The van der Waals surface area contributed by atoms with Gasteiger partial charge < -0.3 is 4.42 Å². The molecule has 0 bridgehead atoms. The summed E-state index contributed by atoms with van der Waals surface area (Å²) in [5.74, 6) is 3.87. The van der Waals surface area contributed by atoms with Crippen molar-refractivity contribution in [1.82, 2.24) is 29.9 Å². The van der Waals surface area contributed by atoms with Crippen LogP contribution >= 0.6 is 11.3 Å². The molecule has 0 aliphatic rings. The normalized spacial score (nSPS) is 11.3. The van der Waals surface area contributed by atoms with Crippen LogP contribution in [0.25, 0.3) is 155 Å². The highest BCUT2D eigenvalue weighted by Crippen LogP contribution is 2.46. The molecule has 7 nitrogen and oxygen atoms in total. The Kier molecular flexibility index (Phi) is 13.7. The fourth-order valence-corrected chi connectivity index (χ4v) is 12.6. The number of fused-ring (bicyclic) bond motifs is 6. The lowest BCUT2D eigenvalue weighted by molar-refractivity contribution is 0.670. The Morgan fingerprint density at radius 2 is 0.535 bits per heavy atom. The van der Waals surface area contributed by atoms with Crippen LogP contribution in [0.3, 0.4) is 0 Å². The molecule has 0 spiro atoms. The smallest absolute Gasteiger partial charge is 0.164 e. The molecule has 4 aromatic heterocycles. The number of para-hydroxylation sites is 1. The van der Waals surface area contributed by atoms with E-state index in [0.29, 0.717) is 34.9 Å². The van der Waals surface area contributed by atoms with Gasteiger partial charge in [-0.05, 0) is 69.3 Å². The third kappa shape index (κ3) is 10.1. The molecular formula is C78H50N6OS. The largest absolute Gasteiger partial charge is 0.455 e. The summed E-state index contributed by atoms with van der Waals surface area (Å²) >= 11 is 1.82. The molecule has 16 rings (SSSR count). The van der Waals surface area contributed by atoms with Gasteiger partial charge in [0.05, 0.1) is 0 Å². The molecule has 0 radical (unpaired) electrons. The van der Waals surface area contributed by atoms with Gasteiger partial charge in [0.1, 0.15) is 11.2 Å². The summed E-state index contributed by atoms with van der Waals surface area (Å²) in [6, 6.07) is 104. The summed E-state index contributed by atoms with van der Waals surface area (Å²) in [4.78, 5) is 30.0. The van der Waals surface area contributed by atoms with Crippen LogP contribution in [0.5, 0.6) is 0 Å². The first-order valence-electron chi connectivity index (χ1n) is 28.6. The van der Waals surface area contributed by atoms with Gasteiger partial charge in [0, 0.05) is 69.9 Å². The molecule has 0 aliphatic heterocycles. The second-order valence-electron chi connectivity index (χ2n) is 20.9. The van der Waals surface area contributed by atoms with Crippen molar-refractivity contribution in [2.45, 2.75) is 0 Å². The highest BCUT2D eigenvalue weighted by atomic mass is 32.1. The maximum absolute atomic E-state index is 6.57. The molecule has 12 aromatic carbocycles. The van der Waals surface area contributed by atoms with Gasteiger partial charge in [0.25, 0.3) is 0 Å². The van der Waals surface area contributed by atoms with E-state index in [9.17, 15) is 0 Å². The van der Waals surface area contributed by atoms with Gasteiger partial charge in [-0.1, -0.05) is 273 Å². The number of furan rings is 1. The van der Waals surface area contributed by atoms with Crippen LogP contribution in [0.1, 0.15) is 0 Å². The number of benzene rings is 12. The van der Waals surface area contributed by atoms with Crippen molar-refractivity contribution < 1.29 is 4.42 Å². The number of nitrogens with zero attached hydrogens (tertiary/aromatic N) is 6. The second-order valence-corrected chi connectivity index (χ2v) is 21.9. The molecule has 0 fully saturated rings. The summed E-state index contributed by atoms with van der Waals surface area (Å²) in [5, 5.41) is 4.40. The second kappa shape index (κ2) is 22.8. The van der Waals surface area contributed by atoms with E-state index in [1.807, 2.05) is 157 Å². The Bertz CT molecular complexity index is 4620. The van der Waals surface area contributed by atoms with Crippen LogP contribution in [0.15, 0.2) is 308 Å². The number of hydrogen-bond acceptors (Lipinski definition) is 8. The highest BCUT2D eigenvalue weighted by Gasteiger charge is 2.23. The lowest BCUT2D eigenvalue weighted by Gasteiger charge is -2.12. The molecule has 8 heteroatoms. The van der Waals surface area contributed by atoms with Crippen LogP contribution in [-0.2, 0) is 0 Å². The maximum Gasteiger partial charge on any atom is 0.164 e. The van der Waals surface area contributed by atoms with Gasteiger partial charge in [0.15, 0.2) is 34.9 Å². The number of aromatic nitrogens is 6. The van der Waals surface area contributed by atoms with Crippen LogP contribution < -0.4 is 0 Å². The Balaban J connectivity index is 0.000000145. The molecule has 4 heterocycles. The average molecular weight is 1120 g/mol. The first-order chi connectivity index (χ1) is 42.6. The van der Waals surface area contributed by atoms with Gasteiger partial charge in [0.2, 0.25) is 0 Å². The fraction of sp³-hybridized carbons (Fsp3) is 0. The molecule has 0 unspecified atom stereocenters. The molecule has 0 aliphatic carbocycles. The third-order valence-corrected chi connectivity index (χ3v) is 16.7. The maximum atomic E-state index is 6.57. The predicted molar refractivity (Wildman–Crippen MR) is 354 cm³/mol. The molecule has 16 aromatic rings. The Morgan fingerprint density at radius 1 is 0.221 bits per heavy atom. The lowest BCUT2D eigenvalue weighted by Crippen LogP contribution is -2.00. The molecule has 0 saturated heterocycles. The number of rotatable bonds is 10. The molecule has 404 valence electrons. The van der Waals surface area contributed by atoms with Crippen molar-refractivity contribution in [2.75, 3.05) is 0 Å². The zero-order chi connectivity index (χ0) is 57.2. The zero-order valence-electron chi connectivity index (χ0n) is 46.4. The SMILES string of the molecule is c1ccc(-c2ccc(-c3ccc(-c4nc(-c5ccccc5)nc(-c5ccccc5)n4)c4c3oc3ccccc34)cc2)cc1.c1ccc(-c2ccc(-c3ccc(-c4nc(-c5ccccc5)nc(-c5ccccc5)n4)c4c3sc3ccccc34)cc2)cc1. The van der Waals surface area contributed by atoms with Crippen LogP contribution in [-0.4, -0.2) is 29.9 Å². The molecular weight excluding hydrogens is 1070 g/mol. The number of hydrogen-bond donors (Lipinski definition) is 0. The fourth-order valence-electron chi connectivity index (χ4n) is 11.3. The van der Waals surface area contributed by atoms with Crippen molar-refractivity contribution in [3.8, 4) is 113 Å². The molecule has 0 saturated carbocycles. The van der Waals surface area contributed by atoms with E-state index in [-0.39, 0.29) is 0 Å². The van der Waals surface area contributed by atoms with Gasteiger partial charge in [-0.15, -0.1) is 11.3 Å². The minimum atomic E-state index is 0.607. The lowest BCUT2D eigenvalue weighted by atomic mass is 9.96. The minimum absolute atomic E-state index is 0.607. The van der Waals surface area contributed by atoms with Gasteiger partial charge in [-0.2, -0.15) is 0 Å². The van der Waals surface area contributed by atoms with E-state index in [1.165, 1.54) is 53.6 Å². The molecule has 0 atom stereocenters. The van der Waals surface area contributed by atoms with Crippen molar-refractivity contribution in [3.63, 3.8) is 0 Å². The predicted octanol–water partition coefficient (Wildman–Crippen LogP) is 20.7. The first-order valence-corrected chi connectivity index (χ1v) is 29.4. The van der Waals surface area contributed by atoms with Gasteiger partial charge in [-0.25, -0.2) is 29.9 Å².